The first-order chi connectivity index (χ1) is 17.1. The number of anilines is 2. The predicted molar refractivity (Wildman–Crippen MR) is 141 cm³/mol. The molecule has 8 nitrogen and oxygen atoms in total. The second-order valence-corrected chi connectivity index (χ2v) is 10.4. The van der Waals surface area contributed by atoms with Crippen molar-refractivity contribution in [3.05, 3.63) is 89.0 Å². The number of nitrogens with zero attached hydrogens (tertiary/aromatic N) is 1. The maximum absolute atomic E-state index is 13.6. The van der Waals surface area contributed by atoms with Crippen molar-refractivity contribution < 1.29 is 22.7 Å². The Bertz CT molecular complexity index is 1320. The van der Waals surface area contributed by atoms with Crippen LogP contribution >= 0.6 is 0 Å². The van der Waals surface area contributed by atoms with Crippen LogP contribution < -0.4 is 14.9 Å². The molecule has 0 spiro atoms. The summed E-state index contributed by atoms with van der Waals surface area (Å²) in [4.78, 5) is 25.8. The van der Waals surface area contributed by atoms with Crippen LogP contribution in [0.15, 0.2) is 71.6 Å². The van der Waals surface area contributed by atoms with Gasteiger partial charge < -0.3 is 15.4 Å². The van der Waals surface area contributed by atoms with Gasteiger partial charge in [-0.1, -0.05) is 35.9 Å². The first kappa shape index (κ1) is 26.9. The molecule has 3 aromatic carbocycles. The maximum Gasteiger partial charge on any atom is 0.264 e. The van der Waals surface area contributed by atoms with E-state index in [4.69, 9.17) is 4.74 Å². The van der Waals surface area contributed by atoms with E-state index in [1.54, 1.807) is 48.5 Å². The van der Waals surface area contributed by atoms with E-state index in [9.17, 15) is 18.0 Å². The summed E-state index contributed by atoms with van der Waals surface area (Å²) in [6.07, 6.45) is 0. The van der Waals surface area contributed by atoms with Crippen molar-refractivity contribution in [2.45, 2.75) is 25.7 Å². The Kier molecular flexibility index (Phi) is 8.84. The Morgan fingerprint density at radius 2 is 1.53 bits per heavy atom. The van der Waals surface area contributed by atoms with Crippen LogP contribution in [-0.2, 0) is 19.6 Å². The number of hydrogen-bond donors (Lipinski definition) is 2. The Labute approximate surface area is 212 Å². The van der Waals surface area contributed by atoms with Gasteiger partial charge in [-0.15, -0.1) is 0 Å². The molecule has 0 aliphatic rings. The Hall–Kier alpha value is -3.69. The molecule has 9 heteroatoms. The van der Waals surface area contributed by atoms with Crippen LogP contribution in [-0.4, -0.2) is 47.0 Å². The zero-order valence-corrected chi connectivity index (χ0v) is 21.7. The van der Waals surface area contributed by atoms with Crippen molar-refractivity contribution in [3.63, 3.8) is 0 Å². The highest BCUT2D eigenvalue weighted by atomic mass is 32.2. The highest BCUT2D eigenvalue weighted by Gasteiger charge is 2.28. The van der Waals surface area contributed by atoms with E-state index < -0.39 is 22.5 Å². The molecule has 36 heavy (non-hydrogen) atoms. The molecule has 0 saturated heterocycles. The highest BCUT2D eigenvalue weighted by molar-refractivity contribution is 7.92. The van der Waals surface area contributed by atoms with E-state index in [1.165, 1.54) is 19.2 Å². The van der Waals surface area contributed by atoms with Crippen molar-refractivity contribution in [2.75, 3.05) is 36.4 Å². The molecule has 0 atom stereocenters. The summed E-state index contributed by atoms with van der Waals surface area (Å²) in [6.45, 7) is 5.79. The number of carbonyl (C=O) groups is 2. The third-order valence-electron chi connectivity index (χ3n) is 5.43. The van der Waals surface area contributed by atoms with Crippen molar-refractivity contribution in [1.82, 2.24) is 5.32 Å². The fraction of sp³-hybridized carbons (Fsp3) is 0.259. The Morgan fingerprint density at radius 1 is 0.889 bits per heavy atom. The van der Waals surface area contributed by atoms with E-state index in [-0.39, 0.29) is 22.1 Å². The molecule has 0 aliphatic heterocycles. The summed E-state index contributed by atoms with van der Waals surface area (Å²) < 4.78 is 33.3. The number of ether oxygens (including phenoxy) is 1. The fourth-order valence-electron chi connectivity index (χ4n) is 3.72. The van der Waals surface area contributed by atoms with Crippen LogP contribution in [0.25, 0.3) is 0 Å². The number of sulfonamides is 1. The zero-order valence-electron chi connectivity index (χ0n) is 20.9. The quantitative estimate of drug-likeness (QED) is 0.404. The number of aryl methyl sites for hydroxylation is 3. The predicted octanol–water partition coefficient (Wildman–Crippen LogP) is 3.82. The van der Waals surface area contributed by atoms with Gasteiger partial charge in [0.05, 0.1) is 28.4 Å². The van der Waals surface area contributed by atoms with E-state index in [0.29, 0.717) is 18.8 Å². The van der Waals surface area contributed by atoms with Crippen molar-refractivity contribution >= 4 is 33.2 Å². The topological polar surface area (TPSA) is 105 Å². The van der Waals surface area contributed by atoms with Gasteiger partial charge in [-0.25, -0.2) is 8.42 Å². The Balaban J connectivity index is 1.92. The largest absolute Gasteiger partial charge is 0.383 e. The van der Waals surface area contributed by atoms with Gasteiger partial charge in [-0.05, 0) is 68.3 Å². The van der Waals surface area contributed by atoms with Gasteiger partial charge in [0.1, 0.15) is 6.54 Å². The van der Waals surface area contributed by atoms with Crippen LogP contribution in [0.1, 0.15) is 27.0 Å². The number of carbonyl (C=O) groups excluding carboxylic acids is 2. The number of hydrogen-bond acceptors (Lipinski definition) is 5. The zero-order chi connectivity index (χ0) is 26.3. The molecule has 0 aliphatic carbocycles. The van der Waals surface area contributed by atoms with Crippen LogP contribution in [0.2, 0.25) is 0 Å². The molecule has 190 valence electrons. The van der Waals surface area contributed by atoms with E-state index in [0.717, 1.165) is 21.0 Å². The number of rotatable bonds is 10. The molecule has 0 radical (unpaired) electrons. The lowest BCUT2D eigenvalue weighted by molar-refractivity contribution is -0.114. The second-order valence-electron chi connectivity index (χ2n) is 8.51. The lowest BCUT2D eigenvalue weighted by Gasteiger charge is -2.25. The van der Waals surface area contributed by atoms with Gasteiger partial charge >= 0.3 is 0 Å². The third-order valence-corrected chi connectivity index (χ3v) is 7.22. The molecule has 2 N–H and O–H groups in total. The molecule has 0 fully saturated rings. The molecule has 0 unspecified atom stereocenters. The molecule has 0 heterocycles. The lowest BCUT2D eigenvalue weighted by Crippen LogP contribution is -2.38. The van der Waals surface area contributed by atoms with Gasteiger partial charge in [-0.2, -0.15) is 0 Å². The van der Waals surface area contributed by atoms with E-state index in [2.05, 4.69) is 10.6 Å². The monoisotopic (exact) mass is 509 g/mol. The van der Waals surface area contributed by atoms with Crippen LogP contribution in [0, 0.1) is 20.8 Å². The van der Waals surface area contributed by atoms with Crippen LogP contribution in [0.3, 0.4) is 0 Å². The van der Waals surface area contributed by atoms with Crippen molar-refractivity contribution in [1.29, 1.82) is 0 Å². The van der Waals surface area contributed by atoms with Crippen LogP contribution in [0.5, 0.6) is 0 Å². The van der Waals surface area contributed by atoms with Gasteiger partial charge in [0.2, 0.25) is 5.91 Å². The molecular weight excluding hydrogens is 478 g/mol. The van der Waals surface area contributed by atoms with Crippen LogP contribution in [0.4, 0.5) is 11.4 Å². The number of nitrogens with one attached hydrogen (secondary N) is 2. The molecular formula is C27H31N3O5S. The van der Waals surface area contributed by atoms with Crippen molar-refractivity contribution in [3.8, 4) is 0 Å². The minimum atomic E-state index is -4.05. The SMILES string of the molecule is COCCNC(=O)c1ccccc1NC(=O)CN(c1cc(C)cc(C)c1)S(=O)(=O)c1ccc(C)cc1. The minimum absolute atomic E-state index is 0.0815. The van der Waals surface area contributed by atoms with Crippen molar-refractivity contribution in [2.24, 2.45) is 0 Å². The normalized spacial score (nSPS) is 11.1. The highest BCUT2D eigenvalue weighted by Crippen LogP contribution is 2.26. The van der Waals surface area contributed by atoms with E-state index >= 15 is 0 Å². The van der Waals surface area contributed by atoms with Gasteiger partial charge in [0.25, 0.3) is 15.9 Å². The molecule has 3 rings (SSSR count). The average Bonchev–Trinajstić information content (AvgIpc) is 2.82. The van der Waals surface area contributed by atoms with E-state index in [1.807, 2.05) is 26.8 Å². The standard InChI is InChI=1S/C27H31N3O5S/c1-19-9-11-23(12-10-19)36(33,34)30(22-16-20(2)15-21(3)17-22)18-26(31)29-25-8-6-5-7-24(25)27(32)28-13-14-35-4/h5-12,15-17H,13-14,18H2,1-4H3,(H,28,32)(H,29,31). The minimum Gasteiger partial charge on any atom is -0.383 e. The maximum atomic E-state index is 13.6. The van der Waals surface area contributed by atoms with Gasteiger partial charge in [0, 0.05) is 13.7 Å². The number of para-hydroxylation sites is 1. The average molecular weight is 510 g/mol. The number of amides is 2. The fourth-order valence-corrected chi connectivity index (χ4v) is 5.12. The summed E-state index contributed by atoms with van der Waals surface area (Å²) in [6, 6.07) is 18.4. The summed E-state index contributed by atoms with van der Waals surface area (Å²) >= 11 is 0. The summed E-state index contributed by atoms with van der Waals surface area (Å²) in [5.74, 6) is -0.955. The first-order valence-corrected chi connectivity index (χ1v) is 12.9. The summed E-state index contributed by atoms with van der Waals surface area (Å²) in [5, 5.41) is 5.43. The third kappa shape index (κ3) is 6.71. The van der Waals surface area contributed by atoms with Gasteiger partial charge in [0.15, 0.2) is 0 Å². The first-order valence-electron chi connectivity index (χ1n) is 11.5. The lowest BCUT2D eigenvalue weighted by atomic mass is 10.1. The summed E-state index contributed by atoms with van der Waals surface area (Å²) in [5.41, 5.74) is 3.59. The molecule has 0 saturated carbocycles. The Morgan fingerprint density at radius 3 is 2.17 bits per heavy atom. The molecule has 0 aromatic heterocycles. The second kappa shape index (κ2) is 11.8. The molecule has 2 amide bonds. The smallest absolute Gasteiger partial charge is 0.264 e. The van der Waals surface area contributed by atoms with Gasteiger partial charge in [-0.3, -0.25) is 13.9 Å². The number of methoxy groups -OCH3 is 1. The molecule has 0 bridgehead atoms. The number of benzene rings is 3. The molecule has 3 aromatic rings. The summed E-state index contributed by atoms with van der Waals surface area (Å²) in [7, 11) is -2.52.